The van der Waals surface area contributed by atoms with Gasteiger partial charge in [-0.1, -0.05) is 0 Å². The van der Waals surface area contributed by atoms with Gasteiger partial charge in [0.15, 0.2) is 17.1 Å². The second-order valence-corrected chi connectivity index (χ2v) is 3.97. The van der Waals surface area contributed by atoms with Gasteiger partial charge in [-0.3, -0.25) is 5.10 Å². The van der Waals surface area contributed by atoms with E-state index in [1.165, 1.54) is 0 Å². The summed E-state index contributed by atoms with van der Waals surface area (Å²) in [5.74, 6) is 1.36. The zero-order valence-electron chi connectivity index (χ0n) is 10.3. The lowest BCUT2D eigenvalue weighted by Crippen LogP contribution is -1.97. The number of aromatic nitrogens is 4. The Bertz CT molecular complexity index is 736. The average molecular weight is 244 g/mol. The minimum atomic E-state index is 0.661. The smallest absolute Gasteiger partial charge is 0.178 e. The van der Waals surface area contributed by atoms with E-state index < -0.39 is 0 Å². The van der Waals surface area contributed by atoms with Gasteiger partial charge in [0, 0.05) is 10.9 Å². The van der Waals surface area contributed by atoms with Crippen LogP contribution in [0.5, 0.6) is 11.5 Å². The molecule has 3 aromatic rings. The second kappa shape index (κ2) is 3.83. The number of hydrogen-bond acceptors (Lipinski definition) is 5. The topological polar surface area (TPSA) is 72.9 Å². The van der Waals surface area contributed by atoms with Gasteiger partial charge in [0.05, 0.1) is 25.8 Å². The molecule has 6 heteroatoms. The highest BCUT2D eigenvalue weighted by atomic mass is 16.5. The molecule has 0 amide bonds. The van der Waals surface area contributed by atoms with E-state index in [0.717, 1.165) is 21.9 Å². The highest BCUT2D eigenvalue weighted by Gasteiger charge is 2.15. The molecule has 0 unspecified atom stereocenters. The van der Waals surface area contributed by atoms with Gasteiger partial charge in [-0.2, -0.15) is 5.10 Å². The Hall–Kier alpha value is -2.37. The normalized spacial score (nSPS) is 11.1. The minimum Gasteiger partial charge on any atom is -0.493 e. The number of aryl methyl sites for hydroxylation is 1. The molecule has 2 heterocycles. The number of nitrogens with zero attached hydrogens (tertiary/aromatic N) is 3. The molecular weight excluding hydrogens is 232 g/mol. The van der Waals surface area contributed by atoms with Gasteiger partial charge >= 0.3 is 0 Å². The van der Waals surface area contributed by atoms with Crippen LogP contribution in [0.4, 0.5) is 0 Å². The van der Waals surface area contributed by atoms with Crippen LogP contribution in [0.2, 0.25) is 0 Å². The van der Waals surface area contributed by atoms with Crippen LogP contribution < -0.4 is 9.47 Å². The van der Waals surface area contributed by atoms with Crippen molar-refractivity contribution >= 4 is 21.9 Å². The van der Waals surface area contributed by atoms with Gasteiger partial charge in [-0.25, -0.2) is 0 Å². The fraction of sp³-hybridized carbons (Fsp3) is 0.250. The highest BCUT2D eigenvalue weighted by molar-refractivity contribution is 6.04. The largest absolute Gasteiger partial charge is 0.493 e. The Morgan fingerprint density at radius 2 is 1.94 bits per heavy atom. The van der Waals surface area contributed by atoms with Gasteiger partial charge < -0.3 is 9.47 Å². The zero-order valence-corrected chi connectivity index (χ0v) is 10.3. The van der Waals surface area contributed by atoms with Crippen LogP contribution >= 0.6 is 0 Å². The van der Waals surface area contributed by atoms with Gasteiger partial charge in [-0.05, 0) is 13.0 Å². The van der Waals surface area contributed by atoms with E-state index in [9.17, 15) is 0 Å². The van der Waals surface area contributed by atoms with Crippen molar-refractivity contribution < 1.29 is 9.47 Å². The van der Waals surface area contributed by atoms with Crippen LogP contribution in [0.3, 0.4) is 0 Å². The zero-order chi connectivity index (χ0) is 12.7. The Labute approximate surface area is 103 Å². The Morgan fingerprint density at radius 3 is 2.67 bits per heavy atom. The second-order valence-electron chi connectivity index (χ2n) is 3.97. The van der Waals surface area contributed by atoms with Crippen molar-refractivity contribution in [3.05, 3.63) is 17.8 Å². The third-order valence-electron chi connectivity index (χ3n) is 3.03. The van der Waals surface area contributed by atoms with Crippen molar-refractivity contribution in [2.75, 3.05) is 14.2 Å². The van der Waals surface area contributed by atoms with Crippen LogP contribution in [0, 0.1) is 6.92 Å². The predicted molar refractivity (Wildman–Crippen MR) is 67.0 cm³/mol. The van der Waals surface area contributed by atoms with Crippen molar-refractivity contribution in [1.29, 1.82) is 0 Å². The summed E-state index contributed by atoms with van der Waals surface area (Å²) in [7, 11) is 3.23. The SMILES string of the molecule is COc1cc2c(nnc3[nH]ncc32)c(C)c1OC. The molecule has 3 rings (SSSR count). The van der Waals surface area contributed by atoms with Gasteiger partial charge in [-0.15, -0.1) is 10.2 Å². The van der Waals surface area contributed by atoms with Crippen molar-refractivity contribution in [2.24, 2.45) is 0 Å². The van der Waals surface area contributed by atoms with E-state index in [2.05, 4.69) is 20.4 Å². The molecule has 0 radical (unpaired) electrons. The van der Waals surface area contributed by atoms with E-state index in [-0.39, 0.29) is 0 Å². The standard InChI is InChI=1S/C12H12N4O2/c1-6-10-7(4-9(17-2)11(6)18-3)8-5-13-15-12(8)16-14-10/h4-5H,1-3H3,(H,13,15,16). The number of ether oxygens (including phenoxy) is 2. The summed E-state index contributed by atoms with van der Waals surface area (Å²) in [5, 5.41) is 17.0. The maximum absolute atomic E-state index is 5.35. The molecule has 0 aliphatic rings. The summed E-state index contributed by atoms with van der Waals surface area (Å²) in [6.45, 7) is 1.93. The maximum atomic E-state index is 5.35. The summed E-state index contributed by atoms with van der Waals surface area (Å²) >= 11 is 0. The molecule has 1 aromatic carbocycles. The molecule has 2 aromatic heterocycles. The highest BCUT2D eigenvalue weighted by Crippen LogP contribution is 2.37. The van der Waals surface area contributed by atoms with E-state index >= 15 is 0 Å². The summed E-state index contributed by atoms with van der Waals surface area (Å²) in [4.78, 5) is 0. The average Bonchev–Trinajstić information content (AvgIpc) is 2.86. The van der Waals surface area contributed by atoms with Crippen molar-refractivity contribution in [3.8, 4) is 11.5 Å². The van der Waals surface area contributed by atoms with E-state index in [4.69, 9.17) is 9.47 Å². The summed E-state index contributed by atoms with van der Waals surface area (Å²) in [6, 6.07) is 1.90. The van der Waals surface area contributed by atoms with Gasteiger partial charge in [0.2, 0.25) is 0 Å². The Morgan fingerprint density at radius 1 is 1.11 bits per heavy atom. The van der Waals surface area contributed by atoms with Crippen molar-refractivity contribution in [2.45, 2.75) is 6.92 Å². The molecule has 0 saturated heterocycles. The molecule has 92 valence electrons. The third kappa shape index (κ3) is 1.32. The van der Waals surface area contributed by atoms with Crippen molar-refractivity contribution in [1.82, 2.24) is 20.4 Å². The van der Waals surface area contributed by atoms with Crippen LogP contribution in [0.25, 0.3) is 21.9 Å². The lowest BCUT2D eigenvalue weighted by atomic mass is 10.1. The van der Waals surface area contributed by atoms with Crippen molar-refractivity contribution in [3.63, 3.8) is 0 Å². The van der Waals surface area contributed by atoms with Crippen LogP contribution in [0.15, 0.2) is 12.3 Å². The number of H-pyrrole nitrogens is 1. The fourth-order valence-corrected chi connectivity index (χ4v) is 2.15. The number of rotatable bonds is 2. The number of aromatic amines is 1. The molecule has 0 bridgehead atoms. The number of methoxy groups -OCH3 is 2. The Kier molecular flexibility index (Phi) is 2.29. The summed E-state index contributed by atoms with van der Waals surface area (Å²) < 4.78 is 10.7. The molecule has 0 fully saturated rings. The molecule has 18 heavy (non-hydrogen) atoms. The first-order chi connectivity index (χ1) is 8.76. The number of nitrogens with one attached hydrogen (secondary N) is 1. The first-order valence-electron chi connectivity index (χ1n) is 5.47. The molecule has 1 N–H and O–H groups in total. The molecule has 0 aliphatic heterocycles. The van der Waals surface area contributed by atoms with Gasteiger partial charge in [0.1, 0.15) is 5.52 Å². The molecular formula is C12H12N4O2. The van der Waals surface area contributed by atoms with Crippen LogP contribution in [-0.4, -0.2) is 34.6 Å². The maximum Gasteiger partial charge on any atom is 0.178 e. The predicted octanol–water partition coefficient (Wildman–Crippen LogP) is 1.83. The molecule has 0 atom stereocenters. The van der Waals surface area contributed by atoms with Gasteiger partial charge in [0.25, 0.3) is 0 Å². The monoisotopic (exact) mass is 244 g/mol. The quantitative estimate of drug-likeness (QED) is 0.744. The Balaban J connectivity index is 2.50. The van der Waals surface area contributed by atoms with Crippen LogP contribution in [0.1, 0.15) is 5.56 Å². The third-order valence-corrected chi connectivity index (χ3v) is 3.03. The number of benzene rings is 1. The van der Waals surface area contributed by atoms with E-state index in [1.807, 2.05) is 13.0 Å². The summed E-state index contributed by atoms with van der Waals surface area (Å²) in [6.07, 6.45) is 1.73. The minimum absolute atomic E-state index is 0.661. The molecule has 0 aliphatic carbocycles. The first-order valence-corrected chi connectivity index (χ1v) is 5.47. The van der Waals surface area contributed by atoms with E-state index in [0.29, 0.717) is 17.1 Å². The fourth-order valence-electron chi connectivity index (χ4n) is 2.15. The number of hydrogen-bond donors (Lipinski definition) is 1. The lowest BCUT2D eigenvalue weighted by molar-refractivity contribution is 0.354. The molecule has 0 spiro atoms. The lowest BCUT2D eigenvalue weighted by Gasteiger charge is -2.12. The molecule has 6 nitrogen and oxygen atoms in total. The first kappa shape index (κ1) is 10.8. The number of fused-ring (bicyclic) bond motifs is 3. The van der Waals surface area contributed by atoms with E-state index in [1.54, 1.807) is 20.4 Å². The molecule has 0 saturated carbocycles. The summed E-state index contributed by atoms with van der Waals surface area (Å²) in [5.41, 5.74) is 2.36. The van der Waals surface area contributed by atoms with Crippen LogP contribution in [-0.2, 0) is 0 Å².